The molecule has 0 radical (unpaired) electrons. The second-order valence-corrected chi connectivity index (χ2v) is 9.47. The average Bonchev–Trinajstić information content (AvgIpc) is 3.01. The van der Waals surface area contributed by atoms with Crippen LogP contribution in [-0.4, -0.2) is 43.9 Å². The van der Waals surface area contributed by atoms with Gasteiger partial charge in [-0.25, -0.2) is 8.42 Å². The van der Waals surface area contributed by atoms with Crippen LogP contribution in [0.1, 0.15) is 29.9 Å². The van der Waals surface area contributed by atoms with E-state index >= 15 is 0 Å². The zero-order chi connectivity index (χ0) is 20.6. The molecule has 152 valence electrons. The van der Waals surface area contributed by atoms with Crippen LogP contribution in [0.2, 0.25) is 5.02 Å². The van der Waals surface area contributed by atoms with Crippen molar-refractivity contribution in [2.75, 3.05) is 25.0 Å². The van der Waals surface area contributed by atoms with Crippen LogP contribution in [0.5, 0.6) is 0 Å². The Balaban J connectivity index is 1.81. The number of carbonyl (C=O) groups is 1. The molecule has 3 rings (SSSR count). The van der Waals surface area contributed by atoms with E-state index in [-0.39, 0.29) is 23.1 Å². The van der Waals surface area contributed by atoms with Gasteiger partial charge < -0.3 is 9.42 Å². The highest BCUT2D eigenvalue weighted by atomic mass is 35.5. The van der Waals surface area contributed by atoms with E-state index in [0.29, 0.717) is 35.8 Å². The van der Waals surface area contributed by atoms with Crippen LogP contribution in [-0.2, 0) is 14.8 Å². The van der Waals surface area contributed by atoms with Gasteiger partial charge in [-0.3, -0.25) is 4.79 Å². The van der Waals surface area contributed by atoms with Gasteiger partial charge in [0.1, 0.15) is 10.6 Å². The summed E-state index contributed by atoms with van der Waals surface area (Å²) in [5.41, 5.74) is 1.95. The number of aryl methyl sites for hydroxylation is 3. The van der Waals surface area contributed by atoms with Crippen molar-refractivity contribution in [3.63, 3.8) is 0 Å². The van der Waals surface area contributed by atoms with Gasteiger partial charge in [-0.1, -0.05) is 22.8 Å². The number of aromatic nitrogens is 1. The Morgan fingerprint density at radius 1 is 1.32 bits per heavy atom. The number of carbonyl (C=O) groups excluding carboxylic acids is 1. The molecule has 9 heteroatoms. The highest BCUT2D eigenvalue weighted by Crippen LogP contribution is 2.30. The van der Waals surface area contributed by atoms with Gasteiger partial charge in [0.2, 0.25) is 15.9 Å². The third-order valence-corrected chi connectivity index (χ3v) is 7.69. The van der Waals surface area contributed by atoms with E-state index in [1.54, 1.807) is 31.9 Å². The maximum atomic E-state index is 13.1. The van der Waals surface area contributed by atoms with Crippen LogP contribution in [0.3, 0.4) is 0 Å². The van der Waals surface area contributed by atoms with Crippen molar-refractivity contribution >= 4 is 33.2 Å². The van der Waals surface area contributed by atoms with Crippen molar-refractivity contribution in [3.8, 4) is 0 Å². The van der Waals surface area contributed by atoms with Gasteiger partial charge in [0.25, 0.3) is 0 Å². The number of hydrogen-bond donors (Lipinski definition) is 0. The van der Waals surface area contributed by atoms with Crippen LogP contribution in [0.15, 0.2) is 27.6 Å². The van der Waals surface area contributed by atoms with E-state index in [0.717, 1.165) is 5.56 Å². The quantitative estimate of drug-likeness (QED) is 0.750. The molecule has 0 bridgehead atoms. The standard InChI is InChI=1S/C19H24ClN3O4S/c1-12-7-8-16(10-17(12)20)22(4)19(24)15-6-5-9-23(11-15)28(25,26)18-13(2)21-27-14(18)3/h7-8,10,15H,5-6,9,11H2,1-4H3. The number of sulfonamides is 1. The largest absolute Gasteiger partial charge is 0.360 e. The summed E-state index contributed by atoms with van der Waals surface area (Å²) >= 11 is 6.18. The lowest BCUT2D eigenvalue weighted by Gasteiger charge is -2.33. The summed E-state index contributed by atoms with van der Waals surface area (Å²) in [6.07, 6.45) is 1.25. The van der Waals surface area contributed by atoms with Crippen molar-refractivity contribution in [2.45, 2.75) is 38.5 Å². The van der Waals surface area contributed by atoms with Gasteiger partial charge in [-0.2, -0.15) is 4.31 Å². The molecule has 2 heterocycles. The number of benzene rings is 1. The van der Waals surface area contributed by atoms with Crippen LogP contribution in [0, 0.1) is 26.7 Å². The van der Waals surface area contributed by atoms with E-state index in [1.807, 2.05) is 19.1 Å². The second kappa shape index (κ2) is 7.85. The molecular formula is C19H24ClN3O4S. The predicted molar refractivity (Wildman–Crippen MR) is 107 cm³/mol. The Morgan fingerprint density at radius 2 is 2.04 bits per heavy atom. The van der Waals surface area contributed by atoms with Crippen molar-refractivity contribution in [3.05, 3.63) is 40.2 Å². The first-order valence-corrected chi connectivity index (χ1v) is 10.9. The Morgan fingerprint density at radius 3 is 2.64 bits per heavy atom. The number of amides is 1. The molecule has 7 nitrogen and oxygen atoms in total. The summed E-state index contributed by atoms with van der Waals surface area (Å²) in [6, 6.07) is 5.44. The highest BCUT2D eigenvalue weighted by Gasteiger charge is 2.37. The van der Waals surface area contributed by atoms with Gasteiger partial charge in [0, 0.05) is 30.8 Å². The van der Waals surface area contributed by atoms with Crippen LogP contribution in [0.4, 0.5) is 5.69 Å². The van der Waals surface area contributed by atoms with Gasteiger partial charge >= 0.3 is 0 Å². The second-order valence-electron chi connectivity index (χ2n) is 7.19. The molecule has 2 aromatic rings. The minimum Gasteiger partial charge on any atom is -0.360 e. The van der Waals surface area contributed by atoms with Crippen molar-refractivity contribution < 1.29 is 17.7 Å². The fourth-order valence-corrected chi connectivity index (χ4v) is 5.52. The SMILES string of the molecule is Cc1ccc(N(C)C(=O)C2CCCN(S(=O)(=O)c3c(C)noc3C)C2)cc1Cl. The summed E-state index contributed by atoms with van der Waals surface area (Å²) in [4.78, 5) is 14.7. The molecule has 0 aliphatic carbocycles. The molecule has 0 N–H and O–H groups in total. The number of anilines is 1. The molecule has 1 unspecified atom stereocenters. The fourth-order valence-electron chi connectivity index (χ4n) is 3.53. The van der Waals surface area contributed by atoms with Crippen molar-refractivity contribution in [1.82, 2.24) is 9.46 Å². The molecule has 1 atom stereocenters. The topological polar surface area (TPSA) is 83.7 Å². The third-order valence-electron chi connectivity index (χ3n) is 5.17. The smallest absolute Gasteiger partial charge is 0.248 e. The highest BCUT2D eigenvalue weighted by molar-refractivity contribution is 7.89. The lowest BCUT2D eigenvalue weighted by atomic mass is 9.98. The molecule has 1 amide bonds. The van der Waals surface area contributed by atoms with Crippen LogP contribution in [0.25, 0.3) is 0 Å². The number of hydrogen-bond acceptors (Lipinski definition) is 5. The molecule has 1 fully saturated rings. The van der Waals surface area contributed by atoms with E-state index < -0.39 is 15.9 Å². The predicted octanol–water partition coefficient (Wildman–Crippen LogP) is 3.32. The summed E-state index contributed by atoms with van der Waals surface area (Å²) in [7, 11) is -2.08. The maximum Gasteiger partial charge on any atom is 0.248 e. The average molecular weight is 426 g/mol. The number of piperidine rings is 1. The zero-order valence-corrected chi connectivity index (χ0v) is 18.0. The summed E-state index contributed by atoms with van der Waals surface area (Å²) in [5.74, 6) is -0.287. The molecule has 1 saturated heterocycles. The number of rotatable bonds is 4. The van der Waals surface area contributed by atoms with Gasteiger partial charge in [0.15, 0.2) is 5.76 Å². The molecule has 0 spiro atoms. The van der Waals surface area contributed by atoms with Crippen LogP contribution >= 0.6 is 11.6 Å². The Kier molecular flexibility index (Phi) is 5.84. The maximum absolute atomic E-state index is 13.1. The Bertz CT molecular complexity index is 983. The summed E-state index contributed by atoms with van der Waals surface area (Å²) in [6.45, 7) is 5.58. The number of halogens is 1. The van der Waals surface area contributed by atoms with Crippen LogP contribution < -0.4 is 4.90 Å². The Hall–Kier alpha value is -1.90. The van der Waals surface area contributed by atoms with Crippen molar-refractivity contribution in [2.24, 2.45) is 5.92 Å². The number of nitrogens with zero attached hydrogens (tertiary/aromatic N) is 3. The van der Waals surface area contributed by atoms with E-state index in [4.69, 9.17) is 16.1 Å². The van der Waals surface area contributed by atoms with E-state index in [1.165, 1.54) is 4.31 Å². The minimum atomic E-state index is -3.76. The normalized spacial score (nSPS) is 18.2. The monoisotopic (exact) mass is 425 g/mol. The first kappa shape index (κ1) is 20.8. The Labute approximate surface area is 170 Å². The van der Waals surface area contributed by atoms with Gasteiger partial charge in [0.05, 0.1) is 5.92 Å². The third kappa shape index (κ3) is 3.81. The lowest BCUT2D eigenvalue weighted by molar-refractivity contribution is -0.123. The molecule has 0 saturated carbocycles. The molecular weight excluding hydrogens is 402 g/mol. The summed E-state index contributed by atoms with van der Waals surface area (Å²) < 4.78 is 32.5. The first-order chi connectivity index (χ1) is 13.1. The van der Waals surface area contributed by atoms with Crippen molar-refractivity contribution in [1.29, 1.82) is 0 Å². The molecule has 28 heavy (non-hydrogen) atoms. The molecule has 1 aromatic heterocycles. The van der Waals surface area contributed by atoms with E-state index in [2.05, 4.69) is 5.16 Å². The summed E-state index contributed by atoms with van der Waals surface area (Å²) in [5, 5.41) is 4.33. The molecule has 1 aliphatic heterocycles. The minimum absolute atomic E-state index is 0.0965. The van der Waals surface area contributed by atoms with E-state index in [9.17, 15) is 13.2 Å². The fraction of sp³-hybridized carbons (Fsp3) is 0.474. The zero-order valence-electron chi connectivity index (χ0n) is 16.4. The molecule has 1 aromatic carbocycles. The molecule has 1 aliphatic rings. The first-order valence-electron chi connectivity index (χ1n) is 9.09. The van der Waals surface area contributed by atoms with Gasteiger partial charge in [-0.15, -0.1) is 0 Å². The van der Waals surface area contributed by atoms with Gasteiger partial charge in [-0.05, 0) is 51.3 Å². The lowest BCUT2D eigenvalue weighted by Crippen LogP contribution is -2.46.